The summed E-state index contributed by atoms with van der Waals surface area (Å²) in [6.45, 7) is 4.30. The molecule has 0 saturated heterocycles. The average Bonchev–Trinajstić information content (AvgIpc) is 2.60. The third kappa shape index (κ3) is 4.80. The van der Waals surface area contributed by atoms with Crippen LogP contribution in [0.3, 0.4) is 0 Å². The number of benzene rings is 2. The highest BCUT2D eigenvalue weighted by Crippen LogP contribution is 2.22. The van der Waals surface area contributed by atoms with Crippen molar-refractivity contribution >= 4 is 21.7 Å². The topological polar surface area (TPSA) is 95.5 Å². The maximum absolute atomic E-state index is 12.6. The second-order valence-corrected chi connectivity index (χ2v) is 7.41. The summed E-state index contributed by atoms with van der Waals surface area (Å²) in [5.74, 6) is -1.17. The van der Waals surface area contributed by atoms with Gasteiger partial charge in [-0.3, -0.25) is 0 Å². The van der Waals surface area contributed by atoms with Gasteiger partial charge in [-0.15, -0.1) is 0 Å². The zero-order valence-corrected chi connectivity index (χ0v) is 15.0. The van der Waals surface area contributed by atoms with E-state index in [9.17, 15) is 18.3 Å². The molecule has 6 nitrogen and oxygen atoms in total. The van der Waals surface area contributed by atoms with Gasteiger partial charge in [0, 0.05) is 18.3 Å². The van der Waals surface area contributed by atoms with Crippen molar-refractivity contribution < 1.29 is 18.3 Å². The summed E-state index contributed by atoms with van der Waals surface area (Å²) >= 11 is 0. The van der Waals surface area contributed by atoms with Crippen LogP contribution in [-0.2, 0) is 10.0 Å². The Balaban J connectivity index is 2.29. The molecule has 7 heteroatoms. The molecule has 25 heavy (non-hydrogen) atoms. The van der Waals surface area contributed by atoms with Crippen molar-refractivity contribution in [1.29, 1.82) is 0 Å². The number of sulfonamides is 1. The van der Waals surface area contributed by atoms with E-state index in [4.69, 9.17) is 0 Å². The molecule has 0 aliphatic rings. The van der Waals surface area contributed by atoms with Crippen molar-refractivity contribution in [2.45, 2.75) is 31.2 Å². The summed E-state index contributed by atoms with van der Waals surface area (Å²) in [5.41, 5.74) is 1.17. The molecule has 2 aromatic rings. The van der Waals surface area contributed by atoms with Crippen molar-refractivity contribution in [3.63, 3.8) is 0 Å². The van der Waals surface area contributed by atoms with Gasteiger partial charge < -0.3 is 10.4 Å². The van der Waals surface area contributed by atoms with Crippen molar-refractivity contribution in [1.82, 2.24) is 4.72 Å². The number of carboxylic acid groups (broad SMARTS) is 1. The first kappa shape index (κ1) is 19.0. The number of aromatic carboxylic acids is 1. The van der Waals surface area contributed by atoms with Crippen LogP contribution in [0.1, 0.15) is 42.2 Å². The minimum Gasteiger partial charge on any atom is -0.478 e. The minimum atomic E-state index is -3.84. The van der Waals surface area contributed by atoms with Crippen LogP contribution in [0, 0.1) is 0 Å². The smallest absolute Gasteiger partial charge is 0.337 e. The van der Waals surface area contributed by atoms with Gasteiger partial charge in [0.05, 0.1) is 10.5 Å². The summed E-state index contributed by atoms with van der Waals surface area (Å²) in [6, 6.07) is 12.8. The monoisotopic (exact) mass is 362 g/mol. The lowest BCUT2D eigenvalue weighted by Gasteiger charge is -2.16. The van der Waals surface area contributed by atoms with Crippen LogP contribution < -0.4 is 10.0 Å². The Morgan fingerprint density at radius 2 is 1.84 bits per heavy atom. The fourth-order valence-corrected chi connectivity index (χ4v) is 3.65. The molecule has 0 amide bonds. The van der Waals surface area contributed by atoms with Gasteiger partial charge in [-0.2, -0.15) is 0 Å². The Morgan fingerprint density at radius 3 is 2.44 bits per heavy atom. The van der Waals surface area contributed by atoms with Crippen molar-refractivity contribution in [3.8, 4) is 0 Å². The molecule has 0 aliphatic carbocycles. The van der Waals surface area contributed by atoms with Crippen LogP contribution in [-0.4, -0.2) is 26.0 Å². The summed E-state index contributed by atoms with van der Waals surface area (Å²) in [6.07, 6.45) is 0.829. The van der Waals surface area contributed by atoms with Gasteiger partial charge in [-0.1, -0.05) is 37.3 Å². The Bertz CT molecular complexity index is 835. The van der Waals surface area contributed by atoms with E-state index in [1.165, 1.54) is 18.2 Å². The van der Waals surface area contributed by atoms with Crippen molar-refractivity contribution in [2.75, 3.05) is 11.9 Å². The van der Waals surface area contributed by atoms with Crippen LogP contribution in [0.2, 0.25) is 0 Å². The largest absolute Gasteiger partial charge is 0.478 e. The minimum absolute atomic E-state index is 0.0660. The Kier molecular flexibility index (Phi) is 6.17. The van der Waals surface area contributed by atoms with Gasteiger partial charge in [0.15, 0.2) is 0 Å². The van der Waals surface area contributed by atoms with Gasteiger partial charge >= 0.3 is 5.97 Å². The molecule has 0 spiro atoms. The number of carboxylic acids is 1. The Hall–Kier alpha value is -2.38. The van der Waals surface area contributed by atoms with E-state index >= 15 is 0 Å². The molecule has 134 valence electrons. The van der Waals surface area contributed by atoms with Crippen LogP contribution >= 0.6 is 0 Å². The molecule has 0 bridgehead atoms. The highest BCUT2D eigenvalue weighted by molar-refractivity contribution is 7.89. The van der Waals surface area contributed by atoms with Crippen LogP contribution in [0.4, 0.5) is 5.69 Å². The molecule has 0 aliphatic heterocycles. The lowest BCUT2D eigenvalue weighted by molar-refractivity contribution is 0.0697. The van der Waals surface area contributed by atoms with Crippen molar-refractivity contribution in [3.05, 3.63) is 59.7 Å². The van der Waals surface area contributed by atoms with Crippen LogP contribution in [0.5, 0.6) is 0 Å². The first-order valence-electron chi connectivity index (χ1n) is 8.03. The number of carbonyl (C=O) groups is 1. The van der Waals surface area contributed by atoms with Gasteiger partial charge in [0.25, 0.3) is 0 Å². The molecule has 0 aromatic heterocycles. The maximum atomic E-state index is 12.6. The Labute approximate surface area is 147 Å². The molecule has 2 aromatic carbocycles. The standard InChI is InChI=1S/C18H22N2O4S/c1-3-11-19-17-10-9-15(12-16(17)18(21)22)25(23,24)20-13(2)14-7-5-4-6-8-14/h4-10,12-13,19-20H,3,11H2,1-2H3,(H,21,22)/t13-/m1/s1. The lowest BCUT2D eigenvalue weighted by Crippen LogP contribution is -2.27. The van der Waals surface area contributed by atoms with Gasteiger partial charge in [0.2, 0.25) is 10.0 Å². The molecule has 2 rings (SSSR count). The summed E-state index contributed by atoms with van der Waals surface area (Å²) in [7, 11) is -3.84. The molecule has 0 fully saturated rings. The first-order valence-corrected chi connectivity index (χ1v) is 9.52. The highest BCUT2D eigenvalue weighted by Gasteiger charge is 2.21. The van der Waals surface area contributed by atoms with E-state index in [1.807, 2.05) is 37.3 Å². The maximum Gasteiger partial charge on any atom is 0.337 e. The molecule has 0 radical (unpaired) electrons. The third-order valence-electron chi connectivity index (χ3n) is 3.73. The van der Waals surface area contributed by atoms with E-state index in [1.54, 1.807) is 6.92 Å². The summed E-state index contributed by atoms with van der Waals surface area (Å²) in [4.78, 5) is 11.4. The Morgan fingerprint density at radius 1 is 1.16 bits per heavy atom. The van der Waals surface area contributed by atoms with Crippen LogP contribution in [0.25, 0.3) is 0 Å². The molecular weight excluding hydrogens is 340 g/mol. The summed E-state index contributed by atoms with van der Waals surface area (Å²) < 4.78 is 27.8. The van der Waals surface area contributed by atoms with Crippen molar-refractivity contribution in [2.24, 2.45) is 0 Å². The van der Waals surface area contributed by atoms with E-state index < -0.39 is 22.0 Å². The number of hydrogen-bond donors (Lipinski definition) is 3. The number of anilines is 1. The molecule has 0 saturated carbocycles. The van der Waals surface area contributed by atoms with E-state index in [0.29, 0.717) is 12.2 Å². The number of nitrogens with one attached hydrogen (secondary N) is 2. The normalized spacial score (nSPS) is 12.6. The predicted molar refractivity (Wildman–Crippen MR) is 97.4 cm³/mol. The van der Waals surface area contributed by atoms with E-state index in [0.717, 1.165) is 12.0 Å². The van der Waals surface area contributed by atoms with Gasteiger partial charge in [-0.05, 0) is 37.1 Å². The highest BCUT2D eigenvalue weighted by atomic mass is 32.2. The molecule has 1 atom stereocenters. The fourth-order valence-electron chi connectivity index (χ4n) is 2.39. The number of hydrogen-bond acceptors (Lipinski definition) is 4. The predicted octanol–water partition coefficient (Wildman–Crippen LogP) is 3.25. The molecular formula is C18H22N2O4S. The SMILES string of the molecule is CCCNc1ccc(S(=O)(=O)N[C@H](C)c2ccccc2)cc1C(=O)O. The zero-order valence-electron chi connectivity index (χ0n) is 14.2. The van der Waals surface area contributed by atoms with E-state index in [2.05, 4.69) is 10.0 Å². The zero-order chi connectivity index (χ0) is 18.4. The second kappa shape index (κ2) is 8.13. The third-order valence-corrected chi connectivity index (χ3v) is 5.27. The lowest BCUT2D eigenvalue weighted by atomic mass is 10.1. The fraction of sp³-hybridized carbons (Fsp3) is 0.278. The second-order valence-electron chi connectivity index (χ2n) is 5.69. The number of rotatable bonds is 8. The van der Waals surface area contributed by atoms with Gasteiger partial charge in [0.1, 0.15) is 0 Å². The molecule has 0 heterocycles. The quantitative estimate of drug-likeness (QED) is 0.670. The van der Waals surface area contributed by atoms with Gasteiger partial charge in [-0.25, -0.2) is 17.9 Å². The molecule has 3 N–H and O–H groups in total. The first-order chi connectivity index (χ1) is 11.8. The summed E-state index contributed by atoms with van der Waals surface area (Å²) in [5, 5.41) is 12.4. The van der Waals surface area contributed by atoms with Crippen LogP contribution in [0.15, 0.2) is 53.4 Å². The average molecular weight is 362 g/mol. The van der Waals surface area contributed by atoms with E-state index in [-0.39, 0.29) is 10.5 Å². The molecule has 0 unspecified atom stereocenters.